The third-order valence-electron chi connectivity index (χ3n) is 4.70. The second-order valence-corrected chi connectivity index (χ2v) is 6.44. The molecule has 1 fully saturated rings. The minimum Gasteiger partial charge on any atom is -0.310 e. The third kappa shape index (κ3) is 2.26. The molecule has 2 atom stereocenters. The van der Waals surface area contributed by atoms with Crippen molar-refractivity contribution >= 4 is 0 Å². The average molecular weight is 229 g/mol. The summed E-state index contributed by atoms with van der Waals surface area (Å²) < 4.78 is 0. The van der Waals surface area contributed by atoms with Crippen molar-refractivity contribution in [1.82, 2.24) is 5.32 Å². The van der Waals surface area contributed by atoms with Crippen LogP contribution in [0.15, 0.2) is 24.3 Å². The maximum atomic E-state index is 3.80. The number of hydrogen-bond donors (Lipinski definition) is 1. The first-order valence-electron chi connectivity index (χ1n) is 6.98. The molecule has 92 valence electrons. The minimum absolute atomic E-state index is 0.598. The van der Waals surface area contributed by atoms with Gasteiger partial charge in [-0.15, -0.1) is 0 Å². The molecule has 0 spiro atoms. The molecule has 2 aliphatic carbocycles. The van der Waals surface area contributed by atoms with E-state index in [-0.39, 0.29) is 0 Å². The standard InChI is InChI=1S/C16H23N/c1-16(2)10-13(16)11-17-15-9-5-7-12-6-3-4-8-14(12)15/h3-4,6,8,13,15,17H,5,7,9-11H2,1-2H3. The Morgan fingerprint density at radius 2 is 2.06 bits per heavy atom. The number of fused-ring (bicyclic) bond motifs is 1. The molecular formula is C16H23N. The number of rotatable bonds is 3. The summed E-state index contributed by atoms with van der Waals surface area (Å²) in [4.78, 5) is 0. The summed E-state index contributed by atoms with van der Waals surface area (Å²) in [6.07, 6.45) is 5.31. The Morgan fingerprint density at radius 1 is 1.29 bits per heavy atom. The van der Waals surface area contributed by atoms with Crippen LogP contribution in [-0.4, -0.2) is 6.54 Å². The van der Waals surface area contributed by atoms with Crippen LogP contribution in [-0.2, 0) is 6.42 Å². The first-order chi connectivity index (χ1) is 8.17. The molecule has 0 radical (unpaired) electrons. The zero-order chi connectivity index (χ0) is 11.9. The average Bonchev–Trinajstić information content (AvgIpc) is 2.94. The maximum Gasteiger partial charge on any atom is 0.0323 e. The largest absolute Gasteiger partial charge is 0.310 e. The fourth-order valence-electron chi connectivity index (χ4n) is 3.18. The van der Waals surface area contributed by atoms with E-state index in [1.807, 2.05) is 0 Å². The van der Waals surface area contributed by atoms with Crippen molar-refractivity contribution in [2.24, 2.45) is 11.3 Å². The highest BCUT2D eigenvalue weighted by Crippen LogP contribution is 2.51. The van der Waals surface area contributed by atoms with Gasteiger partial charge in [-0.1, -0.05) is 38.1 Å². The van der Waals surface area contributed by atoms with Crippen molar-refractivity contribution in [1.29, 1.82) is 0 Å². The summed E-state index contributed by atoms with van der Waals surface area (Å²) in [6.45, 7) is 5.97. The zero-order valence-electron chi connectivity index (χ0n) is 11.0. The van der Waals surface area contributed by atoms with Gasteiger partial charge in [0.25, 0.3) is 0 Å². The van der Waals surface area contributed by atoms with Crippen LogP contribution in [0.4, 0.5) is 0 Å². The van der Waals surface area contributed by atoms with Crippen molar-refractivity contribution < 1.29 is 0 Å². The van der Waals surface area contributed by atoms with Gasteiger partial charge >= 0.3 is 0 Å². The Labute approximate surface area is 105 Å². The summed E-state index contributed by atoms with van der Waals surface area (Å²) >= 11 is 0. The van der Waals surface area contributed by atoms with Gasteiger partial charge in [-0.2, -0.15) is 0 Å². The monoisotopic (exact) mass is 229 g/mol. The number of hydrogen-bond acceptors (Lipinski definition) is 1. The normalized spacial score (nSPS) is 29.8. The maximum absolute atomic E-state index is 3.80. The molecule has 1 nitrogen and oxygen atoms in total. The highest BCUT2D eigenvalue weighted by molar-refractivity contribution is 5.32. The summed E-state index contributed by atoms with van der Waals surface area (Å²) in [6, 6.07) is 9.57. The Hall–Kier alpha value is -0.820. The third-order valence-corrected chi connectivity index (χ3v) is 4.70. The van der Waals surface area contributed by atoms with Crippen molar-refractivity contribution in [2.75, 3.05) is 6.54 Å². The van der Waals surface area contributed by atoms with Crippen LogP contribution in [0.1, 0.15) is 50.3 Å². The first kappa shape index (κ1) is 11.3. The van der Waals surface area contributed by atoms with E-state index in [2.05, 4.69) is 43.4 Å². The molecule has 0 amide bonds. The highest BCUT2D eigenvalue weighted by atomic mass is 14.9. The number of aryl methyl sites for hydroxylation is 1. The van der Waals surface area contributed by atoms with Crippen molar-refractivity contribution in [2.45, 2.75) is 45.6 Å². The Balaban J connectivity index is 1.65. The van der Waals surface area contributed by atoms with E-state index >= 15 is 0 Å². The van der Waals surface area contributed by atoms with Crippen LogP contribution < -0.4 is 5.32 Å². The second kappa shape index (κ2) is 4.13. The van der Waals surface area contributed by atoms with Crippen LogP contribution in [0.2, 0.25) is 0 Å². The quantitative estimate of drug-likeness (QED) is 0.833. The Bertz CT molecular complexity index is 408. The fraction of sp³-hybridized carbons (Fsp3) is 0.625. The molecular weight excluding hydrogens is 206 g/mol. The zero-order valence-corrected chi connectivity index (χ0v) is 11.0. The van der Waals surface area contributed by atoms with Crippen LogP contribution in [0, 0.1) is 11.3 Å². The lowest BCUT2D eigenvalue weighted by Crippen LogP contribution is -2.27. The molecule has 0 aliphatic heterocycles. The lowest BCUT2D eigenvalue weighted by atomic mass is 9.87. The molecule has 2 unspecified atom stereocenters. The summed E-state index contributed by atoms with van der Waals surface area (Å²) in [7, 11) is 0. The van der Waals surface area contributed by atoms with E-state index in [0.29, 0.717) is 11.5 Å². The van der Waals surface area contributed by atoms with Crippen molar-refractivity contribution in [3.05, 3.63) is 35.4 Å². The SMILES string of the molecule is CC1(C)CC1CNC1CCCc2ccccc21. The predicted octanol–water partition coefficient (Wildman–Crippen LogP) is 3.70. The van der Waals surface area contributed by atoms with Gasteiger partial charge in [0.1, 0.15) is 0 Å². The van der Waals surface area contributed by atoms with Gasteiger partial charge in [0.15, 0.2) is 0 Å². The molecule has 2 aliphatic rings. The first-order valence-corrected chi connectivity index (χ1v) is 6.98. The van der Waals surface area contributed by atoms with E-state index < -0.39 is 0 Å². The van der Waals surface area contributed by atoms with E-state index in [1.54, 1.807) is 11.1 Å². The summed E-state index contributed by atoms with van der Waals surface area (Å²) in [5.74, 6) is 0.900. The smallest absolute Gasteiger partial charge is 0.0323 e. The topological polar surface area (TPSA) is 12.0 Å². The molecule has 3 rings (SSSR count). The highest BCUT2D eigenvalue weighted by Gasteiger charge is 2.45. The molecule has 0 aromatic heterocycles. The predicted molar refractivity (Wildman–Crippen MR) is 72.0 cm³/mol. The molecule has 0 saturated heterocycles. The fourth-order valence-corrected chi connectivity index (χ4v) is 3.18. The summed E-state index contributed by atoms with van der Waals surface area (Å²) in [5.41, 5.74) is 3.71. The molecule has 1 heteroatoms. The molecule has 1 aromatic carbocycles. The molecule has 0 bridgehead atoms. The lowest BCUT2D eigenvalue weighted by molar-refractivity contribution is 0.427. The molecule has 0 heterocycles. The molecule has 1 N–H and O–H groups in total. The summed E-state index contributed by atoms with van der Waals surface area (Å²) in [5, 5.41) is 3.80. The van der Waals surface area contributed by atoms with Gasteiger partial charge in [-0.25, -0.2) is 0 Å². The van der Waals surface area contributed by atoms with Crippen molar-refractivity contribution in [3.8, 4) is 0 Å². The van der Waals surface area contributed by atoms with Gasteiger partial charge in [-0.3, -0.25) is 0 Å². The van der Waals surface area contributed by atoms with Crippen LogP contribution >= 0.6 is 0 Å². The molecule has 1 saturated carbocycles. The van der Waals surface area contributed by atoms with Gasteiger partial charge < -0.3 is 5.32 Å². The Kier molecular flexibility index (Phi) is 2.74. The van der Waals surface area contributed by atoms with E-state index in [9.17, 15) is 0 Å². The van der Waals surface area contributed by atoms with E-state index in [0.717, 1.165) is 5.92 Å². The number of benzene rings is 1. The lowest BCUT2D eigenvalue weighted by Gasteiger charge is -2.26. The molecule has 1 aromatic rings. The van der Waals surface area contributed by atoms with Gasteiger partial charge in [0, 0.05) is 6.04 Å². The van der Waals surface area contributed by atoms with Gasteiger partial charge in [0.2, 0.25) is 0 Å². The number of nitrogens with one attached hydrogen (secondary N) is 1. The molecule has 17 heavy (non-hydrogen) atoms. The van der Waals surface area contributed by atoms with Crippen LogP contribution in [0.25, 0.3) is 0 Å². The minimum atomic E-state index is 0.598. The van der Waals surface area contributed by atoms with E-state index in [1.165, 1.54) is 32.2 Å². The van der Waals surface area contributed by atoms with E-state index in [4.69, 9.17) is 0 Å². The van der Waals surface area contributed by atoms with Crippen LogP contribution in [0.3, 0.4) is 0 Å². The second-order valence-electron chi connectivity index (χ2n) is 6.44. The van der Waals surface area contributed by atoms with Crippen molar-refractivity contribution in [3.63, 3.8) is 0 Å². The Morgan fingerprint density at radius 3 is 2.82 bits per heavy atom. The van der Waals surface area contributed by atoms with Crippen LogP contribution in [0.5, 0.6) is 0 Å². The van der Waals surface area contributed by atoms with Gasteiger partial charge in [0.05, 0.1) is 0 Å². The van der Waals surface area contributed by atoms with Gasteiger partial charge in [-0.05, 0) is 54.7 Å².